The molecule has 0 amide bonds. The van der Waals surface area contributed by atoms with Crippen molar-refractivity contribution in [3.63, 3.8) is 0 Å². The Morgan fingerprint density at radius 3 is 3.00 bits per heavy atom. The average molecular weight is 299 g/mol. The summed E-state index contributed by atoms with van der Waals surface area (Å²) in [5.41, 5.74) is 2.09. The van der Waals surface area contributed by atoms with Gasteiger partial charge in [-0.25, -0.2) is 0 Å². The molecule has 2 unspecified atom stereocenters. The predicted octanol–water partition coefficient (Wildman–Crippen LogP) is 2.45. The summed E-state index contributed by atoms with van der Waals surface area (Å²) in [6, 6.07) is 4.04. The molecule has 0 bridgehead atoms. The maximum atomic E-state index is 10.4. The fraction of sp³-hybridized carbons (Fsp3) is 0.538. The van der Waals surface area contributed by atoms with Crippen LogP contribution in [0.5, 0.6) is 5.75 Å². The van der Waals surface area contributed by atoms with Crippen LogP contribution in [-0.2, 0) is 11.2 Å². The molecule has 17 heavy (non-hydrogen) atoms. The van der Waals surface area contributed by atoms with E-state index in [9.17, 15) is 5.11 Å². The second-order valence-corrected chi connectivity index (χ2v) is 5.57. The molecular weight excluding hydrogens is 284 g/mol. The Morgan fingerprint density at radius 2 is 2.24 bits per heavy atom. The van der Waals surface area contributed by atoms with E-state index >= 15 is 0 Å². The van der Waals surface area contributed by atoms with Crippen molar-refractivity contribution in [1.82, 2.24) is 0 Å². The van der Waals surface area contributed by atoms with Crippen molar-refractivity contribution in [3.05, 3.63) is 27.7 Å². The summed E-state index contributed by atoms with van der Waals surface area (Å²) >= 11 is 3.49. The lowest BCUT2D eigenvalue weighted by atomic mass is 9.93. The number of hydrogen-bond acceptors (Lipinski definition) is 3. The molecule has 2 aliphatic rings. The van der Waals surface area contributed by atoms with Crippen LogP contribution in [-0.4, -0.2) is 24.9 Å². The number of aliphatic hydroxyl groups is 1. The zero-order valence-electron chi connectivity index (χ0n) is 9.49. The Hall–Kier alpha value is -0.580. The van der Waals surface area contributed by atoms with Crippen LogP contribution in [0.4, 0.5) is 0 Å². The van der Waals surface area contributed by atoms with Gasteiger partial charge in [-0.3, -0.25) is 0 Å². The number of hydrogen-bond donors (Lipinski definition) is 1. The summed E-state index contributed by atoms with van der Waals surface area (Å²) in [4.78, 5) is 0. The smallest absolute Gasteiger partial charge is 0.128 e. The average Bonchev–Trinajstić information content (AvgIpc) is 2.97. The molecule has 1 saturated heterocycles. The van der Waals surface area contributed by atoms with Crippen LogP contribution < -0.4 is 4.74 Å². The highest BCUT2D eigenvalue weighted by atomic mass is 79.9. The zero-order chi connectivity index (χ0) is 11.8. The van der Waals surface area contributed by atoms with Crippen molar-refractivity contribution >= 4 is 15.9 Å². The molecule has 1 aromatic rings. The molecule has 1 N–H and O–H groups in total. The van der Waals surface area contributed by atoms with Crippen LogP contribution in [0.25, 0.3) is 0 Å². The van der Waals surface area contributed by atoms with Gasteiger partial charge in [0, 0.05) is 29.0 Å². The van der Waals surface area contributed by atoms with E-state index in [0.717, 1.165) is 35.2 Å². The highest BCUT2D eigenvalue weighted by molar-refractivity contribution is 9.10. The molecule has 0 spiro atoms. The molecule has 0 saturated carbocycles. The first-order valence-corrected chi connectivity index (χ1v) is 6.76. The second-order valence-electron chi connectivity index (χ2n) is 4.65. The van der Waals surface area contributed by atoms with Crippen molar-refractivity contribution in [3.8, 4) is 5.75 Å². The van der Waals surface area contributed by atoms with Crippen molar-refractivity contribution < 1.29 is 14.6 Å². The van der Waals surface area contributed by atoms with Gasteiger partial charge in [0.25, 0.3) is 0 Å². The second kappa shape index (κ2) is 4.59. The molecule has 2 atom stereocenters. The van der Waals surface area contributed by atoms with Gasteiger partial charge in [-0.2, -0.15) is 0 Å². The summed E-state index contributed by atoms with van der Waals surface area (Å²) < 4.78 is 12.0. The van der Waals surface area contributed by atoms with Crippen LogP contribution in [0.3, 0.4) is 0 Å². The summed E-state index contributed by atoms with van der Waals surface area (Å²) in [5, 5.41) is 10.4. The van der Waals surface area contributed by atoms with Gasteiger partial charge in [-0.1, -0.05) is 15.9 Å². The molecule has 2 heterocycles. The number of rotatable bonds is 2. The number of ether oxygens (including phenoxy) is 2. The lowest BCUT2D eigenvalue weighted by molar-refractivity contribution is 0.0895. The highest BCUT2D eigenvalue weighted by Gasteiger charge is 2.30. The summed E-state index contributed by atoms with van der Waals surface area (Å²) in [7, 11) is 0. The molecule has 2 aliphatic heterocycles. The van der Waals surface area contributed by atoms with Gasteiger partial charge in [0.2, 0.25) is 0 Å². The number of aliphatic hydroxyl groups excluding tert-OH is 1. The molecule has 0 aromatic heterocycles. The summed E-state index contributed by atoms with van der Waals surface area (Å²) in [6.45, 7) is 2.11. The fourth-order valence-electron chi connectivity index (χ4n) is 2.57. The monoisotopic (exact) mass is 298 g/mol. The predicted molar refractivity (Wildman–Crippen MR) is 67.2 cm³/mol. The number of halogens is 1. The van der Waals surface area contributed by atoms with E-state index in [1.54, 1.807) is 0 Å². The van der Waals surface area contributed by atoms with Gasteiger partial charge in [0.05, 0.1) is 19.3 Å². The minimum Gasteiger partial charge on any atom is -0.493 e. The Bertz CT molecular complexity index is 427. The Labute approximate surface area is 109 Å². The first kappa shape index (κ1) is 11.5. The number of benzene rings is 1. The van der Waals surface area contributed by atoms with Crippen molar-refractivity contribution in [1.29, 1.82) is 0 Å². The largest absolute Gasteiger partial charge is 0.493 e. The quantitative estimate of drug-likeness (QED) is 0.911. The maximum absolute atomic E-state index is 10.4. The van der Waals surface area contributed by atoms with Crippen LogP contribution in [0.1, 0.15) is 23.7 Å². The molecule has 3 rings (SSSR count). The highest BCUT2D eigenvalue weighted by Crippen LogP contribution is 2.40. The Kier molecular flexibility index (Phi) is 3.11. The molecule has 1 fully saturated rings. The van der Waals surface area contributed by atoms with Gasteiger partial charge < -0.3 is 14.6 Å². The topological polar surface area (TPSA) is 38.7 Å². The molecule has 3 nitrogen and oxygen atoms in total. The van der Waals surface area contributed by atoms with E-state index in [4.69, 9.17) is 9.47 Å². The van der Waals surface area contributed by atoms with Crippen LogP contribution in [0.15, 0.2) is 16.6 Å². The lowest BCUT2D eigenvalue weighted by Gasteiger charge is -2.19. The SMILES string of the molecule is OC(c1cc(Br)cc2c1OCC2)C1CCOC1. The third kappa shape index (κ3) is 2.09. The van der Waals surface area contributed by atoms with Gasteiger partial charge in [0.15, 0.2) is 0 Å². The first-order valence-electron chi connectivity index (χ1n) is 5.96. The molecule has 92 valence electrons. The van der Waals surface area contributed by atoms with Gasteiger partial charge in [-0.05, 0) is 24.1 Å². The van der Waals surface area contributed by atoms with E-state index in [-0.39, 0.29) is 5.92 Å². The van der Waals surface area contributed by atoms with Gasteiger partial charge in [0.1, 0.15) is 5.75 Å². The van der Waals surface area contributed by atoms with E-state index in [1.807, 2.05) is 6.07 Å². The fourth-order valence-corrected chi connectivity index (χ4v) is 3.10. The van der Waals surface area contributed by atoms with Crippen LogP contribution in [0.2, 0.25) is 0 Å². The molecule has 0 radical (unpaired) electrons. The first-order chi connectivity index (χ1) is 8.25. The van der Waals surface area contributed by atoms with E-state index in [2.05, 4.69) is 22.0 Å². The van der Waals surface area contributed by atoms with Gasteiger partial charge >= 0.3 is 0 Å². The molecule has 4 heteroatoms. The van der Waals surface area contributed by atoms with Crippen LogP contribution in [0, 0.1) is 5.92 Å². The van der Waals surface area contributed by atoms with Crippen molar-refractivity contribution in [2.45, 2.75) is 18.9 Å². The molecular formula is C13H15BrO3. The van der Waals surface area contributed by atoms with E-state index < -0.39 is 6.10 Å². The molecule has 0 aliphatic carbocycles. The zero-order valence-corrected chi connectivity index (χ0v) is 11.1. The van der Waals surface area contributed by atoms with Crippen LogP contribution >= 0.6 is 15.9 Å². The number of fused-ring (bicyclic) bond motifs is 1. The normalized spacial score (nSPS) is 24.5. The third-order valence-corrected chi connectivity index (χ3v) is 3.97. The summed E-state index contributed by atoms with van der Waals surface area (Å²) in [5.74, 6) is 1.07. The Morgan fingerprint density at radius 1 is 1.35 bits per heavy atom. The molecule has 1 aromatic carbocycles. The standard InChI is InChI=1S/C13H15BrO3/c14-10-5-8-2-4-17-13(8)11(6-10)12(15)9-1-3-16-7-9/h5-6,9,12,15H,1-4,7H2. The van der Waals surface area contributed by atoms with E-state index in [1.165, 1.54) is 5.56 Å². The Balaban J connectivity index is 1.96. The van der Waals surface area contributed by atoms with E-state index in [0.29, 0.717) is 13.2 Å². The maximum Gasteiger partial charge on any atom is 0.128 e. The van der Waals surface area contributed by atoms with Gasteiger partial charge in [-0.15, -0.1) is 0 Å². The minimum atomic E-state index is -0.484. The summed E-state index contributed by atoms with van der Waals surface area (Å²) in [6.07, 6.45) is 1.36. The minimum absolute atomic E-state index is 0.192. The van der Waals surface area contributed by atoms with Crippen molar-refractivity contribution in [2.24, 2.45) is 5.92 Å². The van der Waals surface area contributed by atoms with Crippen molar-refractivity contribution in [2.75, 3.05) is 19.8 Å². The third-order valence-electron chi connectivity index (χ3n) is 3.51. The lowest BCUT2D eigenvalue weighted by Crippen LogP contribution is -2.13.